The molecule has 10 heteroatoms. The summed E-state index contributed by atoms with van der Waals surface area (Å²) in [5, 5.41) is 9.27. The highest BCUT2D eigenvalue weighted by atomic mass is 19.4. The molecule has 173 valence electrons. The van der Waals surface area contributed by atoms with Crippen molar-refractivity contribution in [3.05, 3.63) is 35.4 Å². The zero-order valence-electron chi connectivity index (χ0n) is 17.7. The van der Waals surface area contributed by atoms with Gasteiger partial charge in [-0.1, -0.05) is 0 Å². The fraction of sp³-hybridized carbons (Fsp3) is 0.545. The molecule has 7 nitrogen and oxygen atoms in total. The second-order valence-corrected chi connectivity index (χ2v) is 8.66. The first-order valence-electron chi connectivity index (χ1n) is 10.9. The van der Waals surface area contributed by atoms with Gasteiger partial charge in [0.15, 0.2) is 5.69 Å². The Morgan fingerprint density at radius 2 is 1.78 bits per heavy atom. The fourth-order valence-electron chi connectivity index (χ4n) is 4.95. The minimum Gasteiger partial charge on any atom is -0.364 e. The molecule has 2 saturated heterocycles. The number of primary amides is 1. The summed E-state index contributed by atoms with van der Waals surface area (Å²) in [6.07, 6.45) is 1.07. The first kappa shape index (κ1) is 22.6. The van der Waals surface area contributed by atoms with Crippen LogP contribution in [-0.2, 0) is 17.4 Å². The van der Waals surface area contributed by atoms with Crippen LogP contribution in [-0.4, -0.2) is 53.1 Å². The van der Waals surface area contributed by atoms with Crippen LogP contribution >= 0.6 is 0 Å². The van der Waals surface area contributed by atoms with E-state index in [-0.39, 0.29) is 34.5 Å². The smallest absolute Gasteiger partial charge is 0.364 e. The van der Waals surface area contributed by atoms with E-state index < -0.39 is 17.6 Å². The predicted molar refractivity (Wildman–Crippen MR) is 113 cm³/mol. The second-order valence-electron chi connectivity index (χ2n) is 8.66. The highest BCUT2D eigenvalue weighted by Gasteiger charge is 2.35. The summed E-state index contributed by atoms with van der Waals surface area (Å²) >= 11 is 0. The summed E-state index contributed by atoms with van der Waals surface area (Å²) in [6, 6.07) is 2.42. The summed E-state index contributed by atoms with van der Waals surface area (Å²) in [6.45, 7) is 3.45. The van der Waals surface area contributed by atoms with E-state index in [1.165, 1.54) is 25.3 Å². The zero-order valence-corrected chi connectivity index (χ0v) is 17.7. The maximum absolute atomic E-state index is 13.5. The van der Waals surface area contributed by atoms with E-state index in [1.54, 1.807) is 4.90 Å². The molecule has 1 radical (unpaired) electrons. The van der Waals surface area contributed by atoms with Crippen LogP contribution in [0.25, 0.3) is 10.9 Å². The van der Waals surface area contributed by atoms with Gasteiger partial charge in [0, 0.05) is 18.5 Å². The van der Waals surface area contributed by atoms with Gasteiger partial charge in [0.25, 0.3) is 5.91 Å². The number of carbonyl (C=O) groups excluding carboxylic acids is 2. The lowest BCUT2D eigenvalue weighted by atomic mass is 9.79. The Kier molecular flexibility index (Phi) is 6.41. The van der Waals surface area contributed by atoms with E-state index in [2.05, 4.69) is 15.5 Å². The highest BCUT2D eigenvalue weighted by Crippen LogP contribution is 2.36. The Hall–Kier alpha value is -2.62. The molecule has 3 heterocycles. The molecule has 32 heavy (non-hydrogen) atoms. The number of nitrogens with two attached hydrogens (primary N) is 1. The van der Waals surface area contributed by atoms with E-state index in [4.69, 9.17) is 5.73 Å². The number of benzene rings is 1. The van der Waals surface area contributed by atoms with Gasteiger partial charge in [0.2, 0.25) is 5.91 Å². The normalized spacial score (nSPS) is 18.9. The van der Waals surface area contributed by atoms with E-state index in [1.807, 2.05) is 0 Å². The number of piperidine rings is 2. The molecule has 0 atom stereocenters. The number of nitrogens with one attached hydrogen (secondary N) is 2. The number of fused-ring (bicyclic) bond motifs is 1. The summed E-state index contributed by atoms with van der Waals surface area (Å²) in [4.78, 5) is 26.0. The van der Waals surface area contributed by atoms with Crippen molar-refractivity contribution in [2.24, 2.45) is 17.6 Å². The number of rotatable bonds is 5. The molecule has 4 N–H and O–H groups in total. The number of H-pyrrole nitrogens is 1. The molecular weight excluding hydrogens is 423 g/mol. The molecule has 4 rings (SSSR count). The number of carbonyl (C=O) groups is 2. The van der Waals surface area contributed by atoms with Crippen molar-refractivity contribution in [3.8, 4) is 0 Å². The lowest BCUT2D eigenvalue weighted by Gasteiger charge is -2.37. The van der Waals surface area contributed by atoms with Crippen molar-refractivity contribution in [1.82, 2.24) is 20.4 Å². The molecule has 0 bridgehead atoms. The zero-order chi connectivity index (χ0) is 22.9. The molecule has 2 fully saturated rings. The summed E-state index contributed by atoms with van der Waals surface area (Å²) in [5.74, 6) is 0.244. The Morgan fingerprint density at radius 3 is 2.41 bits per heavy atom. The van der Waals surface area contributed by atoms with Crippen molar-refractivity contribution in [3.63, 3.8) is 0 Å². The molecule has 0 spiro atoms. The van der Waals surface area contributed by atoms with Gasteiger partial charge in [-0.15, -0.1) is 0 Å². The molecule has 1 aromatic heterocycles. The Balaban J connectivity index is 1.42. The van der Waals surface area contributed by atoms with Crippen LogP contribution in [0.15, 0.2) is 12.1 Å². The van der Waals surface area contributed by atoms with Gasteiger partial charge in [-0.05, 0) is 74.7 Å². The maximum atomic E-state index is 13.5. The minimum absolute atomic E-state index is 0.00552. The molecule has 1 aromatic carbocycles. The Labute approximate surface area is 183 Å². The largest absolute Gasteiger partial charge is 0.418 e. The van der Waals surface area contributed by atoms with E-state index in [0.29, 0.717) is 24.9 Å². The van der Waals surface area contributed by atoms with Crippen LogP contribution in [0.1, 0.15) is 47.3 Å². The summed E-state index contributed by atoms with van der Waals surface area (Å²) < 4.78 is 40.6. The molecule has 2 amide bonds. The SMILES string of the molecule is NC(=O)c1n[nH]c2c(C(F)(F)F)cc(C[CH]C(=O)N3CCC(C4CCNCC4)CC3)cc12. The maximum Gasteiger partial charge on any atom is 0.418 e. The number of amides is 2. The van der Waals surface area contributed by atoms with Gasteiger partial charge in [0.05, 0.1) is 17.5 Å². The average Bonchev–Trinajstić information content (AvgIpc) is 3.21. The number of hydrogen-bond donors (Lipinski definition) is 3. The highest BCUT2D eigenvalue weighted by molar-refractivity contribution is 6.05. The Bertz CT molecular complexity index is 989. The second kappa shape index (κ2) is 9.09. The van der Waals surface area contributed by atoms with Crippen LogP contribution in [0.5, 0.6) is 0 Å². The molecule has 0 unspecified atom stereocenters. The lowest BCUT2D eigenvalue weighted by Crippen LogP contribution is -2.42. The molecule has 0 aliphatic carbocycles. The number of aromatic amines is 1. The third-order valence-electron chi connectivity index (χ3n) is 6.69. The van der Waals surface area contributed by atoms with Crippen LogP contribution < -0.4 is 11.1 Å². The third kappa shape index (κ3) is 4.74. The van der Waals surface area contributed by atoms with Crippen LogP contribution in [0.2, 0.25) is 0 Å². The summed E-state index contributed by atoms with van der Waals surface area (Å²) in [5.41, 5.74) is 4.04. The molecule has 2 aliphatic heterocycles. The number of likely N-dealkylation sites (tertiary alicyclic amines) is 1. The van der Waals surface area contributed by atoms with Crippen molar-refractivity contribution in [2.75, 3.05) is 26.2 Å². The van der Waals surface area contributed by atoms with Crippen LogP contribution in [0.3, 0.4) is 0 Å². The van der Waals surface area contributed by atoms with Gasteiger partial charge in [-0.3, -0.25) is 14.7 Å². The molecule has 2 aromatic rings. The van der Waals surface area contributed by atoms with Crippen molar-refractivity contribution < 1.29 is 22.8 Å². The van der Waals surface area contributed by atoms with Gasteiger partial charge >= 0.3 is 6.18 Å². The van der Waals surface area contributed by atoms with Crippen LogP contribution in [0, 0.1) is 18.3 Å². The van der Waals surface area contributed by atoms with Crippen molar-refractivity contribution >= 4 is 22.7 Å². The first-order chi connectivity index (χ1) is 15.2. The van der Waals surface area contributed by atoms with E-state index in [9.17, 15) is 22.8 Å². The monoisotopic (exact) mass is 450 g/mol. The van der Waals surface area contributed by atoms with Crippen molar-refractivity contribution in [1.29, 1.82) is 0 Å². The average molecular weight is 450 g/mol. The topological polar surface area (TPSA) is 104 Å². The molecular formula is C22H27F3N5O2. The number of aromatic nitrogens is 2. The van der Waals surface area contributed by atoms with Crippen LogP contribution in [0.4, 0.5) is 13.2 Å². The third-order valence-corrected chi connectivity index (χ3v) is 6.69. The molecule has 0 saturated carbocycles. The fourth-order valence-corrected chi connectivity index (χ4v) is 4.95. The standard InChI is InChI=1S/C22H27F3N5O2/c23-22(24,25)17-12-13(11-16-19(17)28-29-20(16)21(26)32)1-2-18(31)30-9-5-15(6-10-30)14-3-7-27-8-4-14/h2,11-12,14-15,27H,1,3-10H2,(H2,26,32)(H,28,29). The Morgan fingerprint density at radius 1 is 1.12 bits per heavy atom. The minimum atomic E-state index is -4.64. The van der Waals surface area contributed by atoms with Gasteiger partial charge in [-0.2, -0.15) is 18.3 Å². The predicted octanol–water partition coefficient (Wildman–Crippen LogP) is 2.67. The van der Waals surface area contributed by atoms with Gasteiger partial charge in [-0.25, -0.2) is 0 Å². The van der Waals surface area contributed by atoms with Gasteiger partial charge < -0.3 is 16.0 Å². The molecule has 2 aliphatic rings. The number of hydrogen-bond acceptors (Lipinski definition) is 4. The van der Waals surface area contributed by atoms with E-state index >= 15 is 0 Å². The van der Waals surface area contributed by atoms with Gasteiger partial charge in [0.1, 0.15) is 0 Å². The van der Waals surface area contributed by atoms with E-state index in [0.717, 1.165) is 32.0 Å². The quantitative estimate of drug-likeness (QED) is 0.652. The number of alkyl halides is 3. The number of nitrogens with zero attached hydrogens (tertiary/aromatic N) is 2. The van der Waals surface area contributed by atoms with Crippen molar-refractivity contribution in [2.45, 2.75) is 38.3 Å². The first-order valence-corrected chi connectivity index (χ1v) is 10.9. The summed E-state index contributed by atoms with van der Waals surface area (Å²) in [7, 11) is 0. The lowest BCUT2D eigenvalue weighted by molar-refractivity contribution is -0.136. The number of halogens is 3.